The van der Waals surface area contributed by atoms with Crippen LogP contribution in [0.15, 0.2) is 36.8 Å². The Labute approximate surface area is 111 Å². The zero-order valence-electron chi connectivity index (χ0n) is 11.0. The van der Waals surface area contributed by atoms with E-state index in [2.05, 4.69) is 4.98 Å². The summed E-state index contributed by atoms with van der Waals surface area (Å²) in [7, 11) is 1.63. The molecule has 0 bridgehead atoms. The van der Waals surface area contributed by atoms with Crippen LogP contribution < -0.4 is 4.74 Å². The third kappa shape index (κ3) is 3.34. The minimum absolute atomic E-state index is 0.324. The van der Waals surface area contributed by atoms with Gasteiger partial charge in [-0.25, -0.2) is 9.78 Å². The van der Waals surface area contributed by atoms with Gasteiger partial charge in [0.25, 0.3) is 0 Å². The summed E-state index contributed by atoms with van der Waals surface area (Å²) in [5.74, 6) is 0.412. The minimum Gasteiger partial charge on any atom is -0.497 e. The van der Waals surface area contributed by atoms with Crippen LogP contribution in [0.5, 0.6) is 5.75 Å². The quantitative estimate of drug-likeness (QED) is 0.773. The maximum absolute atomic E-state index is 11.5. The van der Waals surface area contributed by atoms with E-state index in [0.29, 0.717) is 18.8 Å². The highest BCUT2D eigenvalue weighted by Crippen LogP contribution is 2.13. The summed E-state index contributed by atoms with van der Waals surface area (Å²) in [5, 5.41) is 0. The summed E-state index contributed by atoms with van der Waals surface area (Å²) in [6.07, 6.45) is 3.29. The molecule has 0 aliphatic heterocycles. The molecule has 0 radical (unpaired) electrons. The normalized spacial score (nSPS) is 10.2. The molecule has 0 saturated carbocycles. The highest BCUT2D eigenvalue weighted by atomic mass is 16.5. The van der Waals surface area contributed by atoms with Crippen LogP contribution in [0.1, 0.15) is 23.0 Å². The van der Waals surface area contributed by atoms with Gasteiger partial charge in [0.2, 0.25) is 0 Å². The lowest BCUT2D eigenvalue weighted by atomic mass is 10.2. The lowest BCUT2D eigenvalue weighted by molar-refractivity contribution is 0.0520. The Morgan fingerprint density at radius 2 is 2.26 bits per heavy atom. The van der Waals surface area contributed by atoms with Crippen LogP contribution in [-0.4, -0.2) is 29.2 Å². The third-order valence-electron chi connectivity index (χ3n) is 2.62. The molecule has 0 spiro atoms. The van der Waals surface area contributed by atoms with Crippen LogP contribution >= 0.6 is 0 Å². The maximum Gasteiger partial charge on any atom is 0.358 e. The van der Waals surface area contributed by atoms with Gasteiger partial charge in [0.1, 0.15) is 5.75 Å². The van der Waals surface area contributed by atoms with Gasteiger partial charge in [-0.1, -0.05) is 12.1 Å². The Hall–Kier alpha value is -2.30. The van der Waals surface area contributed by atoms with Crippen molar-refractivity contribution in [3.05, 3.63) is 48.0 Å². The van der Waals surface area contributed by atoms with E-state index >= 15 is 0 Å². The van der Waals surface area contributed by atoms with E-state index in [4.69, 9.17) is 9.47 Å². The number of carbonyl (C=O) groups excluding carboxylic acids is 1. The molecule has 100 valence electrons. The molecule has 1 aromatic carbocycles. The summed E-state index contributed by atoms with van der Waals surface area (Å²) in [4.78, 5) is 15.5. The lowest BCUT2D eigenvalue weighted by Crippen LogP contribution is -2.05. The molecule has 0 amide bonds. The fourth-order valence-electron chi connectivity index (χ4n) is 1.74. The Balaban J connectivity index is 2.09. The van der Waals surface area contributed by atoms with Gasteiger partial charge in [0.15, 0.2) is 5.69 Å². The van der Waals surface area contributed by atoms with E-state index in [9.17, 15) is 4.79 Å². The van der Waals surface area contributed by atoms with Crippen molar-refractivity contribution in [2.75, 3.05) is 13.7 Å². The van der Waals surface area contributed by atoms with Crippen LogP contribution in [0.3, 0.4) is 0 Å². The summed E-state index contributed by atoms with van der Waals surface area (Å²) in [6.45, 7) is 2.75. The minimum atomic E-state index is -0.396. The molecule has 5 nitrogen and oxygen atoms in total. The number of imidazole rings is 1. The standard InChI is InChI=1S/C14H16N2O3/c1-3-19-14(17)13-9-16(10-15-13)8-11-5-4-6-12(7-11)18-2/h4-7,9-10H,3,8H2,1-2H3. The number of methoxy groups -OCH3 is 1. The Kier molecular flexibility index (Phi) is 4.18. The van der Waals surface area contributed by atoms with Crippen molar-refractivity contribution < 1.29 is 14.3 Å². The number of hydrogen-bond donors (Lipinski definition) is 0. The monoisotopic (exact) mass is 260 g/mol. The molecule has 0 N–H and O–H groups in total. The van der Waals surface area contributed by atoms with Gasteiger partial charge in [0.05, 0.1) is 20.0 Å². The summed E-state index contributed by atoms with van der Waals surface area (Å²) >= 11 is 0. The van der Waals surface area contributed by atoms with Crippen LogP contribution in [-0.2, 0) is 11.3 Å². The smallest absolute Gasteiger partial charge is 0.358 e. The molecular formula is C14H16N2O3. The average Bonchev–Trinajstić information content (AvgIpc) is 2.88. The fraction of sp³-hybridized carbons (Fsp3) is 0.286. The van der Waals surface area contributed by atoms with E-state index in [0.717, 1.165) is 11.3 Å². The number of aromatic nitrogens is 2. The molecule has 5 heteroatoms. The van der Waals surface area contributed by atoms with Crippen molar-refractivity contribution in [2.24, 2.45) is 0 Å². The first-order valence-electron chi connectivity index (χ1n) is 6.04. The first-order chi connectivity index (χ1) is 9.22. The second-order valence-electron chi connectivity index (χ2n) is 4.00. The molecule has 2 aromatic rings. The van der Waals surface area contributed by atoms with Gasteiger partial charge in [-0.3, -0.25) is 0 Å². The van der Waals surface area contributed by atoms with Gasteiger partial charge in [-0.2, -0.15) is 0 Å². The zero-order valence-corrected chi connectivity index (χ0v) is 11.0. The van der Waals surface area contributed by atoms with Crippen molar-refractivity contribution >= 4 is 5.97 Å². The second kappa shape index (κ2) is 6.04. The zero-order chi connectivity index (χ0) is 13.7. The molecular weight excluding hydrogens is 244 g/mol. The van der Waals surface area contributed by atoms with Crippen LogP contribution in [0.4, 0.5) is 0 Å². The van der Waals surface area contributed by atoms with Crippen molar-refractivity contribution in [1.82, 2.24) is 9.55 Å². The molecule has 19 heavy (non-hydrogen) atoms. The fourth-order valence-corrected chi connectivity index (χ4v) is 1.74. The molecule has 0 aliphatic rings. The number of carbonyl (C=O) groups is 1. The predicted molar refractivity (Wildman–Crippen MR) is 70.3 cm³/mol. The van der Waals surface area contributed by atoms with Crippen molar-refractivity contribution in [1.29, 1.82) is 0 Å². The first-order valence-corrected chi connectivity index (χ1v) is 6.04. The lowest BCUT2D eigenvalue weighted by Gasteiger charge is -2.04. The van der Waals surface area contributed by atoms with Gasteiger partial charge < -0.3 is 14.0 Å². The predicted octanol–water partition coefficient (Wildman–Crippen LogP) is 2.12. The van der Waals surface area contributed by atoms with Gasteiger partial charge >= 0.3 is 5.97 Å². The van der Waals surface area contributed by atoms with Crippen LogP contribution in [0.2, 0.25) is 0 Å². The molecule has 1 heterocycles. The molecule has 0 unspecified atom stereocenters. The van der Waals surface area contributed by atoms with Crippen LogP contribution in [0.25, 0.3) is 0 Å². The van der Waals surface area contributed by atoms with Crippen molar-refractivity contribution in [2.45, 2.75) is 13.5 Å². The highest BCUT2D eigenvalue weighted by Gasteiger charge is 2.10. The third-order valence-corrected chi connectivity index (χ3v) is 2.62. The molecule has 2 rings (SSSR count). The largest absolute Gasteiger partial charge is 0.497 e. The average molecular weight is 260 g/mol. The maximum atomic E-state index is 11.5. The van der Waals surface area contributed by atoms with Gasteiger partial charge in [0, 0.05) is 12.7 Å². The van der Waals surface area contributed by atoms with Gasteiger partial charge in [-0.15, -0.1) is 0 Å². The number of esters is 1. The summed E-state index contributed by atoms with van der Waals surface area (Å²) in [6, 6.07) is 7.76. The highest BCUT2D eigenvalue weighted by molar-refractivity contribution is 5.86. The molecule has 1 aromatic heterocycles. The SMILES string of the molecule is CCOC(=O)c1cn(Cc2cccc(OC)c2)cn1. The molecule has 0 fully saturated rings. The van der Waals surface area contributed by atoms with Crippen molar-refractivity contribution in [3.8, 4) is 5.75 Å². The van der Waals surface area contributed by atoms with Crippen molar-refractivity contribution in [3.63, 3.8) is 0 Å². The number of nitrogens with zero attached hydrogens (tertiary/aromatic N) is 2. The number of ether oxygens (including phenoxy) is 2. The topological polar surface area (TPSA) is 53.4 Å². The number of hydrogen-bond acceptors (Lipinski definition) is 4. The molecule has 0 saturated heterocycles. The van der Waals surface area contributed by atoms with E-state index in [1.54, 1.807) is 26.6 Å². The van der Waals surface area contributed by atoms with E-state index in [1.807, 2.05) is 28.8 Å². The Bertz CT molecular complexity index is 563. The molecule has 0 aliphatic carbocycles. The van der Waals surface area contributed by atoms with E-state index < -0.39 is 5.97 Å². The second-order valence-corrected chi connectivity index (χ2v) is 4.00. The summed E-state index contributed by atoms with van der Waals surface area (Å²) < 4.78 is 11.9. The van der Waals surface area contributed by atoms with E-state index in [1.165, 1.54) is 0 Å². The number of rotatable bonds is 5. The Morgan fingerprint density at radius 1 is 1.42 bits per heavy atom. The molecule has 0 atom stereocenters. The number of benzene rings is 1. The van der Waals surface area contributed by atoms with Gasteiger partial charge in [-0.05, 0) is 24.6 Å². The summed E-state index contributed by atoms with van der Waals surface area (Å²) in [5.41, 5.74) is 1.40. The van der Waals surface area contributed by atoms with Crippen LogP contribution in [0, 0.1) is 0 Å². The van der Waals surface area contributed by atoms with E-state index in [-0.39, 0.29) is 0 Å². The first kappa shape index (κ1) is 13.1. The Morgan fingerprint density at radius 3 is 3.00 bits per heavy atom.